The first kappa shape index (κ1) is 18.1. The number of ether oxygens (including phenoxy) is 1. The van der Waals surface area contributed by atoms with Crippen molar-refractivity contribution >= 4 is 27.7 Å². The van der Waals surface area contributed by atoms with Gasteiger partial charge < -0.3 is 9.26 Å². The molecule has 0 fully saturated rings. The first-order valence-corrected chi connectivity index (χ1v) is 9.59. The Hall–Kier alpha value is -3.99. The van der Waals surface area contributed by atoms with Crippen LogP contribution in [0, 0.1) is 0 Å². The summed E-state index contributed by atoms with van der Waals surface area (Å²) in [7, 11) is 1.64. The number of methoxy groups -OCH3 is 1. The van der Waals surface area contributed by atoms with Gasteiger partial charge in [-0.05, 0) is 43.3 Å². The van der Waals surface area contributed by atoms with Crippen molar-refractivity contribution in [3.05, 3.63) is 78.4 Å². The van der Waals surface area contributed by atoms with Crippen LogP contribution in [0.15, 0.2) is 77.3 Å². The van der Waals surface area contributed by atoms with Crippen LogP contribution in [0.5, 0.6) is 5.75 Å². The van der Waals surface area contributed by atoms with Gasteiger partial charge >= 0.3 is 0 Å². The van der Waals surface area contributed by atoms with E-state index in [9.17, 15) is 4.79 Å². The smallest absolute Gasteiger partial charge is 0.179 e. The quantitative estimate of drug-likeness (QED) is 0.354. The van der Waals surface area contributed by atoms with Crippen LogP contribution in [-0.4, -0.2) is 23.0 Å². The highest BCUT2D eigenvalue weighted by atomic mass is 16.5. The SMILES string of the molecule is COc1ccc(-c2noc3c2c(-c2ccc(C(C)=O)cc2)nc2ccccc23)cc1. The molecule has 0 amide bonds. The lowest BCUT2D eigenvalue weighted by atomic mass is 9.99. The number of ketones is 1. The summed E-state index contributed by atoms with van der Waals surface area (Å²) in [5.74, 6) is 0.803. The lowest BCUT2D eigenvalue weighted by Gasteiger charge is -2.08. The minimum absolute atomic E-state index is 0.0297. The molecule has 5 aromatic rings. The number of pyridine rings is 1. The summed E-state index contributed by atoms with van der Waals surface area (Å²) in [5, 5.41) is 6.14. The molecular weight excluding hydrogens is 376 g/mol. The summed E-state index contributed by atoms with van der Waals surface area (Å²) < 4.78 is 11.1. The van der Waals surface area contributed by atoms with Crippen molar-refractivity contribution in [3.8, 4) is 28.3 Å². The molecule has 0 spiro atoms. The second-order valence-electron chi connectivity index (χ2n) is 7.07. The zero-order chi connectivity index (χ0) is 20.7. The number of nitrogens with zero attached hydrogens (tertiary/aromatic N) is 2. The van der Waals surface area contributed by atoms with E-state index in [1.807, 2.05) is 72.8 Å². The molecule has 0 bridgehead atoms. The highest BCUT2D eigenvalue weighted by Gasteiger charge is 2.20. The van der Waals surface area contributed by atoms with E-state index in [4.69, 9.17) is 14.2 Å². The molecule has 0 radical (unpaired) electrons. The Morgan fingerprint density at radius 1 is 0.867 bits per heavy atom. The first-order chi connectivity index (χ1) is 14.7. The molecule has 3 aromatic carbocycles. The van der Waals surface area contributed by atoms with Gasteiger partial charge in [0.15, 0.2) is 11.4 Å². The summed E-state index contributed by atoms with van der Waals surface area (Å²) >= 11 is 0. The Morgan fingerprint density at radius 3 is 2.23 bits per heavy atom. The van der Waals surface area contributed by atoms with Crippen LogP contribution in [0.1, 0.15) is 17.3 Å². The van der Waals surface area contributed by atoms with Crippen molar-refractivity contribution in [2.45, 2.75) is 6.92 Å². The van der Waals surface area contributed by atoms with Crippen LogP contribution in [0.25, 0.3) is 44.4 Å². The number of Topliss-reactive ketones (excluding diaryl/α,β-unsaturated/α-hetero) is 1. The van der Waals surface area contributed by atoms with Crippen molar-refractivity contribution in [3.63, 3.8) is 0 Å². The number of fused-ring (bicyclic) bond motifs is 3. The molecule has 0 aliphatic carbocycles. The van der Waals surface area contributed by atoms with Crippen LogP contribution in [0.4, 0.5) is 0 Å². The molecule has 5 nitrogen and oxygen atoms in total. The van der Waals surface area contributed by atoms with Crippen LogP contribution in [0.2, 0.25) is 0 Å². The maximum atomic E-state index is 11.7. The van der Waals surface area contributed by atoms with E-state index < -0.39 is 0 Å². The number of hydrogen-bond donors (Lipinski definition) is 0. The summed E-state index contributed by atoms with van der Waals surface area (Å²) in [6.07, 6.45) is 0. The van der Waals surface area contributed by atoms with Gasteiger partial charge in [-0.1, -0.05) is 41.6 Å². The molecule has 5 heteroatoms. The zero-order valence-electron chi connectivity index (χ0n) is 16.5. The molecular formula is C25H18N2O3. The third-order valence-electron chi connectivity index (χ3n) is 5.24. The molecule has 146 valence electrons. The minimum atomic E-state index is 0.0297. The van der Waals surface area contributed by atoms with Gasteiger partial charge in [0.2, 0.25) is 0 Å². The standard InChI is InChI=1S/C25H18N2O3/c1-15(28)16-7-9-17(10-8-16)23-22-24(18-11-13-19(29-2)14-12-18)27-30-25(22)20-5-3-4-6-21(20)26-23/h3-14H,1-2H3. The Balaban J connectivity index is 1.80. The van der Waals surface area contributed by atoms with Crippen molar-refractivity contribution < 1.29 is 14.1 Å². The predicted octanol–water partition coefficient (Wildman–Crippen LogP) is 5.92. The number of carbonyl (C=O) groups excluding carboxylic acids is 1. The van der Waals surface area contributed by atoms with E-state index in [0.717, 1.165) is 44.6 Å². The van der Waals surface area contributed by atoms with Gasteiger partial charge in [0.05, 0.1) is 23.7 Å². The van der Waals surface area contributed by atoms with Crippen LogP contribution in [-0.2, 0) is 0 Å². The van der Waals surface area contributed by atoms with E-state index >= 15 is 0 Å². The Morgan fingerprint density at radius 2 is 1.53 bits per heavy atom. The number of benzene rings is 3. The molecule has 0 aliphatic rings. The van der Waals surface area contributed by atoms with Crippen molar-refractivity contribution in [2.75, 3.05) is 7.11 Å². The fraction of sp³-hybridized carbons (Fsp3) is 0.0800. The number of hydrogen-bond acceptors (Lipinski definition) is 5. The molecule has 0 saturated heterocycles. The monoisotopic (exact) mass is 394 g/mol. The molecule has 0 saturated carbocycles. The van der Waals surface area contributed by atoms with E-state index in [2.05, 4.69) is 5.16 Å². The van der Waals surface area contributed by atoms with Crippen molar-refractivity contribution in [1.82, 2.24) is 10.1 Å². The Kier molecular flexibility index (Phi) is 4.29. The Labute approximate surface area is 172 Å². The number of carbonyl (C=O) groups is 1. The van der Waals surface area contributed by atoms with Gasteiger partial charge in [0, 0.05) is 22.1 Å². The number of para-hydroxylation sites is 1. The molecule has 2 aromatic heterocycles. The van der Waals surface area contributed by atoms with Gasteiger partial charge in [-0.2, -0.15) is 0 Å². The van der Waals surface area contributed by atoms with Gasteiger partial charge in [-0.3, -0.25) is 4.79 Å². The lowest BCUT2D eigenvalue weighted by Crippen LogP contribution is -1.93. The molecule has 0 aliphatic heterocycles. The van der Waals surface area contributed by atoms with E-state index in [1.165, 1.54) is 0 Å². The summed E-state index contributed by atoms with van der Waals surface area (Å²) in [6.45, 7) is 1.56. The summed E-state index contributed by atoms with van der Waals surface area (Å²) in [4.78, 5) is 16.6. The second kappa shape index (κ2) is 7.12. The van der Waals surface area contributed by atoms with E-state index in [-0.39, 0.29) is 5.78 Å². The second-order valence-corrected chi connectivity index (χ2v) is 7.07. The average Bonchev–Trinajstić information content (AvgIpc) is 3.24. The van der Waals surface area contributed by atoms with E-state index in [1.54, 1.807) is 14.0 Å². The largest absolute Gasteiger partial charge is 0.497 e. The summed E-state index contributed by atoms with van der Waals surface area (Å²) in [5.41, 5.74) is 5.48. The van der Waals surface area contributed by atoms with Gasteiger partial charge in [0.25, 0.3) is 0 Å². The molecule has 30 heavy (non-hydrogen) atoms. The van der Waals surface area contributed by atoms with Gasteiger partial charge in [-0.25, -0.2) is 4.98 Å². The summed E-state index contributed by atoms with van der Waals surface area (Å²) in [6, 6.07) is 23.0. The molecule has 0 N–H and O–H groups in total. The molecule has 2 heterocycles. The number of aromatic nitrogens is 2. The van der Waals surface area contributed by atoms with Gasteiger partial charge in [-0.15, -0.1) is 0 Å². The lowest BCUT2D eigenvalue weighted by molar-refractivity contribution is 0.101. The van der Waals surface area contributed by atoms with Crippen molar-refractivity contribution in [1.29, 1.82) is 0 Å². The van der Waals surface area contributed by atoms with Crippen LogP contribution < -0.4 is 4.74 Å². The number of rotatable bonds is 4. The predicted molar refractivity (Wildman–Crippen MR) is 117 cm³/mol. The maximum Gasteiger partial charge on any atom is 0.179 e. The normalized spacial score (nSPS) is 11.1. The highest BCUT2D eigenvalue weighted by Crippen LogP contribution is 2.39. The Bertz CT molecular complexity index is 1380. The maximum absolute atomic E-state index is 11.7. The first-order valence-electron chi connectivity index (χ1n) is 9.59. The zero-order valence-corrected chi connectivity index (χ0v) is 16.5. The van der Waals surface area contributed by atoms with Gasteiger partial charge in [0.1, 0.15) is 11.4 Å². The van der Waals surface area contributed by atoms with Crippen molar-refractivity contribution in [2.24, 2.45) is 0 Å². The molecule has 5 rings (SSSR count). The third kappa shape index (κ3) is 2.92. The third-order valence-corrected chi connectivity index (χ3v) is 5.24. The average molecular weight is 394 g/mol. The fourth-order valence-corrected chi connectivity index (χ4v) is 3.65. The minimum Gasteiger partial charge on any atom is -0.497 e. The fourth-order valence-electron chi connectivity index (χ4n) is 3.65. The molecule has 0 atom stereocenters. The molecule has 0 unspecified atom stereocenters. The topological polar surface area (TPSA) is 65.2 Å². The van der Waals surface area contributed by atoms with E-state index in [0.29, 0.717) is 11.1 Å². The van der Waals surface area contributed by atoms with Crippen LogP contribution in [0.3, 0.4) is 0 Å². The highest BCUT2D eigenvalue weighted by molar-refractivity contribution is 6.12. The van der Waals surface area contributed by atoms with Crippen LogP contribution >= 0.6 is 0 Å².